The van der Waals surface area contributed by atoms with Crippen molar-refractivity contribution in [3.05, 3.63) is 13.6 Å². The molecule has 1 rings (SSSR count). The molecule has 0 fully saturated rings. The van der Waals surface area contributed by atoms with Crippen molar-refractivity contribution in [2.75, 3.05) is 0 Å². The van der Waals surface area contributed by atoms with Crippen LogP contribution in [0.2, 0.25) is 0 Å². The maximum Gasteiger partial charge on any atom is 0.413 e. The number of amides is 1. The summed E-state index contributed by atoms with van der Waals surface area (Å²) in [7, 11) is 0. The van der Waals surface area contributed by atoms with Crippen molar-refractivity contribution in [2.24, 2.45) is 0 Å². The molecule has 1 aromatic heterocycles. The second-order valence-corrected chi connectivity index (χ2v) is 7.00. The Bertz CT molecular complexity index is 351. The molecule has 1 heterocycles. The third-order valence-corrected chi connectivity index (χ3v) is 3.89. The van der Waals surface area contributed by atoms with Crippen LogP contribution in [-0.4, -0.2) is 11.6 Å². The third kappa shape index (κ3) is 4.12. The largest absolute Gasteiger partial charge is 0.413 e. The molecule has 0 aliphatic carbocycles. The third-order valence-electron chi connectivity index (χ3n) is 1.33. The van der Waals surface area contributed by atoms with Crippen LogP contribution < -0.4 is 10.1 Å². The van der Waals surface area contributed by atoms with Gasteiger partial charge < -0.3 is 10.1 Å². The summed E-state index contributed by atoms with van der Waals surface area (Å²) >= 11 is 8.07. The Labute approximate surface area is 109 Å². The first-order chi connectivity index (χ1) is 6.79. The van der Waals surface area contributed by atoms with E-state index >= 15 is 0 Å². The number of hydrogen-bond acceptors (Lipinski definition) is 3. The van der Waals surface area contributed by atoms with Gasteiger partial charge in [0.15, 0.2) is 5.75 Å². The molecule has 84 valence electrons. The van der Waals surface area contributed by atoms with Crippen LogP contribution in [0.25, 0.3) is 0 Å². The molecule has 6 heteroatoms. The van der Waals surface area contributed by atoms with Gasteiger partial charge in [-0.3, -0.25) is 0 Å². The molecule has 3 nitrogen and oxygen atoms in total. The number of rotatable bonds is 1. The lowest BCUT2D eigenvalue weighted by molar-refractivity contribution is 0.190. The minimum atomic E-state index is -0.456. The van der Waals surface area contributed by atoms with Gasteiger partial charge in [-0.05, 0) is 52.6 Å². The van der Waals surface area contributed by atoms with Gasteiger partial charge in [0.2, 0.25) is 0 Å². The fourth-order valence-electron chi connectivity index (χ4n) is 0.818. The zero-order valence-electron chi connectivity index (χ0n) is 8.56. The van der Waals surface area contributed by atoms with Gasteiger partial charge in [-0.1, -0.05) is 0 Å². The van der Waals surface area contributed by atoms with Crippen molar-refractivity contribution in [1.29, 1.82) is 0 Å². The minimum Gasteiger partial charge on any atom is -0.407 e. The van der Waals surface area contributed by atoms with E-state index in [4.69, 9.17) is 4.74 Å². The van der Waals surface area contributed by atoms with Gasteiger partial charge in [0.05, 0.1) is 4.47 Å². The molecule has 0 radical (unpaired) electrons. The predicted molar refractivity (Wildman–Crippen MR) is 68.6 cm³/mol. The first-order valence-corrected chi connectivity index (χ1v) is 6.68. The molecule has 0 unspecified atom stereocenters. The van der Waals surface area contributed by atoms with E-state index in [1.54, 1.807) is 0 Å². The summed E-state index contributed by atoms with van der Waals surface area (Å²) in [5, 5.41) is 4.56. The molecule has 1 aromatic rings. The van der Waals surface area contributed by atoms with Gasteiger partial charge in [-0.15, -0.1) is 11.3 Å². The van der Waals surface area contributed by atoms with E-state index in [0.29, 0.717) is 5.75 Å². The van der Waals surface area contributed by atoms with Crippen LogP contribution in [0, 0.1) is 0 Å². The Morgan fingerprint density at radius 2 is 2.07 bits per heavy atom. The fraction of sp³-hybridized carbons (Fsp3) is 0.444. The number of thiophene rings is 1. The highest BCUT2D eigenvalue weighted by Crippen LogP contribution is 2.39. The molecule has 0 bridgehead atoms. The minimum absolute atomic E-state index is 0.300. The number of halogens is 2. The normalized spacial score (nSPS) is 11.3. The fourth-order valence-corrected chi connectivity index (χ4v) is 2.92. The number of carbonyl (C=O) groups excluding carboxylic acids is 1. The monoisotopic (exact) mass is 355 g/mol. The lowest BCUT2D eigenvalue weighted by atomic mass is 10.1. The standard InChI is InChI=1S/C9H11Br2NO2S/c1-9(2,3)12-8(13)14-6-5(10)4-15-7(6)11/h4H,1-3H3,(H,12,13). The number of hydrogen-bond donors (Lipinski definition) is 1. The van der Waals surface area contributed by atoms with Crippen molar-refractivity contribution in [2.45, 2.75) is 26.3 Å². The smallest absolute Gasteiger partial charge is 0.407 e. The molecule has 0 saturated heterocycles. The molecule has 0 spiro atoms. The molecule has 1 amide bonds. The Morgan fingerprint density at radius 3 is 2.47 bits per heavy atom. The summed E-state index contributed by atoms with van der Waals surface area (Å²) in [4.78, 5) is 11.5. The van der Waals surface area contributed by atoms with Gasteiger partial charge in [0, 0.05) is 10.9 Å². The lowest BCUT2D eigenvalue weighted by Crippen LogP contribution is -2.42. The van der Waals surface area contributed by atoms with E-state index in [1.807, 2.05) is 26.2 Å². The molecule has 1 N–H and O–H groups in total. The summed E-state index contributed by atoms with van der Waals surface area (Å²) in [6, 6.07) is 0. The first-order valence-electron chi connectivity index (χ1n) is 4.22. The van der Waals surface area contributed by atoms with Crippen molar-refractivity contribution < 1.29 is 9.53 Å². The maximum atomic E-state index is 11.5. The summed E-state index contributed by atoms with van der Waals surface area (Å²) in [6.07, 6.45) is -0.456. The molecule has 15 heavy (non-hydrogen) atoms. The molecular weight excluding hydrogens is 346 g/mol. The van der Waals surface area contributed by atoms with Gasteiger partial charge in [0.25, 0.3) is 0 Å². The quantitative estimate of drug-likeness (QED) is 0.820. The number of carbonyl (C=O) groups is 1. The van der Waals surface area contributed by atoms with Crippen LogP contribution in [-0.2, 0) is 0 Å². The highest BCUT2D eigenvalue weighted by Gasteiger charge is 2.18. The van der Waals surface area contributed by atoms with Gasteiger partial charge in [-0.2, -0.15) is 0 Å². The van der Waals surface area contributed by atoms with Crippen molar-refractivity contribution in [3.8, 4) is 5.75 Å². The van der Waals surface area contributed by atoms with Gasteiger partial charge in [-0.25, -0.2) is 4.79 Å². The van der Waals surface area contributed by atoms with Crippen LogP contribution in [0.5, 0.6) is 5.75 Å². The topological polar surface area (TPSA) is 38.3 Å². The molecule has 0 atom stereocenters. The zero-order chi connectivity index (χ0) is 11.6. The molecular formula is C9H11Br2NO2S. The van der Waals surface area contributed by atoms with E-state index in [0.717, 1.165) is 8.26 Å². The van der Waals surface area contributed by atoms with E-state index < -0.39 is 6.09 Å². The maximum absolute atomic E-state index is 11.5. The van der Waals surface area contributed by atoms with E-state index in [-0.39, 0.29) is 5.54 Å². The number of nitrogens with one attached hydrogen (secondary N) is 1. The lowest BCUT2D eigenvalue weighted by Gasteiger charge is -2.19. The van der Waals surface area contributed by atoms with Gasteiger partial charge >= 0.3 is 6.09 Å². The highest BCUT2D eigenvalue weighted by atomic mass is 79.9. The molecule has 0 aliphatic heterocycles. The molecule has 0 aliphatic rings. The number of ether oxygens (including phenoxy) is 1. The average Bonchev–Trinajstić information content (AvgIpc) is 2.32. The Morgan fingerprint density at radius 1 is 1.47 bits per heavy atom. The average molecular weight is 357 g/mol. The second kappa shape index (κ2) is 4.84. The van der Waals surface area contributed by atoms with Gasteiger partial charge in [0.1, 0.15) is 3.79 Å². The van der Waals surface area contributed by atoms with E-state index in [9.17, 15) is 4.79 Å². The van der Waals surface area contributed by atoms with Crippen molar-refractivity contribution >= 4 is 49.3 Å². The Hall–Kier alpha value is -0.0700. The highest BCUT2D eigenvalue weighted by molar-refractivity contribution is 9.11. The summed E-state index contributed by atoms with van der Waals surface area (Å²) < 4.78 is 6.72. The van der Waals surface area contributed by atoms with E-state index in [1.165, 1.54) is 11.3 Å². The first kappa shape index (κ1) is 13.0. The Kier molecular flexibility index (Phi) is 4.20. The summed E-state index contributed by atoms with van der Waals surface area (Å²) in [5.41, 5.74) is -0.300. The second-order valence-electron chi connectivity index (χ2n) is 3.95. The van der Waals surface area contributed by atoms with Crippen LogP contribution in [0.15, 0.2) is 13.6 Å². The van der Waals surface area contributed by atoms with Crippen LogP contribution >= 0.6 is 43.2 Å². The zero-order valence-corrected chi connectivity index (χ0v) is 12.5. The SMILES string of the molecule is CC(C)(C)NC(=O)Oc1c(Br)csc1Br. The van der Waals surface area contributed by atoms with Crippen molar-refractivity contribution in [3.63, 3.8) is 0 Å². The Balaban J connectivity index is 2.67. The van der Waals surface area contributed by atoms with Crippen LogP contribution in [0.4, 0.5) is 4.79 Å². The van der Waals surface area contributed by atoms with Crippen LogP contribution in [0.3, 0.4) is 0 Å². The van der Waals surface area contributed by atoms with Crippen LogP contribution in [0.1, 0.15) is 20.8 Å². The van der Waals surface area contributed by atoms with E-state index in [2.05, 4.69) is 37.2 Å². The summed E-state index contributed by atoms with van der Waals surface area (Å²) in [6.45, 7) is 5.68. The van der Waals surface area contributed by atoms with Crippen molar-refractivity contribution in [1.82, 2.24) is 5.32 Å². The molecule has 0 aromatic carbocycles. The molecule has 0 saturated carbocycles. The predicted octanol–water partition coefficient (Wildman–Crippen LogP) is 4.16. The summed E-state index contributed by atoms with van der Waals surface area (Å²) in [5.74, 6) is 0.516.